The molecule has 2 N–H and O–H groups in total. The largest absolute Gasteiger partial charge is 0.469 e. The maximum absolute atomic E-state index is 12.1. The van der Waals surface area contributed by atoms with E-state index >= 15 is 0 Å². The van der Waals surface area contributed by atoms with Crippen LogP contribution in [0.4, 0.5) is 0 Å². The van der Waals surface area contributed by atoms with E-state index in [-0.39, 0.29) is 17.9 Å². The van der Waals surface area contributed by atoms with Gasteiger partial charge in [-0.25, -0.2) is 0 Å². The Bertz CT molecular complexity index is 574. The first-order chi connectivity index (χ1) is 10.8. The minimum Gasteiger partial charge on any atom is -0.469 e. The predicted molar refractivity (Wildman–Crippen MR) is 85.6 cm³/mol. The monoisotopic (exact) mass is 298 g/mol. The van der Waals surface area contributed by atoms with E-state index in [1.165, 1.54) is 5.56 Å². The summed E-state index contributed by atoms with van der Waals surface area (Å²) in [5.74, 6) is 1.23. The standard InChI is InChI=1S/C18H22N2O2/c21-18(16-8-4-11-19-16)20-12-10-15(17-9-5-13-22-17)14-6-2-1-3-7-14/h1-3,5-7,9,13,15-16,19H,4,8,10-12H2,(H,20,21)/t15-,16+/m1/s1. The number of carbonyl (C=O) groups is 1. The molecule has 1 aliphatic heterocycles. The molecular weight excluding hydrogens is 276 g/mol. The highest BCUT2D eigenvalue weighted by Crippen LogP contribution is 2.27. The van der Waals surface area contributed by atoms with Crippen LogP contribution >= 0.6 is 0 Å². The molecule has 1 aromatic heterocycles. The molecule has 1 aromatic carbocycles. The summed E-state index contributed by atoms with van der Waals surface area (Å²) >= 11 is 0. The molecule has 2 atom stereocenters. The van der Waals surface area contributed by atoms with Crippen LogP contribution in [0, 0.1) is 0 Å². The SMILES string of the molecule is O=C(NCC[C@H](c1ccccc1)c1ccco1)[C@@H]1CCCN1. The van der Waals surface area contributed by atoms with Gasteiger partial charge in [-0.15, -0.1) is 0 Å². The molecular formula is C18H22N2O2. The molecule has 0 spiro atoms. The summed E-state index contributed by atoms with van der Waals surface area (Å²) in [4.78, 5) is 12.1. The minimum absolute atomic E-state index is 0.0150. The summed E-state index contributed by atoms with van der Waals surface area (Å²) in [5, 5.41) is 6.27. The van der Waals surface area contributed by atoms with Crippen LogP contribution in [0.15, 0.2) is 53.1 Å². The lowest BCUT2D eigenvalue weighted by Crippen LogP contribution is -2.41. The first-order valence-electron chi connectivity index (χ1n) is 7.94. The number of hydrogen-bond donors (Lipinski definition) is 2. The molecule has 0 radical (unpaired) electrons. The van der Waals surface area contributed by atoms with Crippen molar-refractivity contribution in [3.63, 3.8) is 0 Å². The van der Waals surface area contributed by atoms with Crippen LogP contribution in [-0.2, 0) is 4.79 Å². The first-order valence-corrected chi connectivity index (χ1v) is 7.94. The number of nitrogens with one attached hydrogen (secondary N) is 2. The number of amides is 1. The van der Waals surface area contributed by atoms with Crippen LogP contribution in [0.25, 0.3) is 0 Å². The summed E-state index contributed by atoms with van der Waals surface area (Å²) in [6.07, 6.45) is 4.55. The van der Waals surface area contributed by atoms with Gasteiger partial charge >= 0.3 is 0 Å². The minimum atomic E-state index is -0.0150. The van der Waals surface area contributed by atoms with Gasteiger partial charge in [0.1, 0.15) is 5.76 Å². The fourth-order valence-electron chi connectivity index (χ4n) is 3.02. The zero-order valence-electron chi connectivity index (χ0n) is 12.6. The molecule has 0 unspecified atom stereocenters. The number of furan rings is 1. The van der Waals surface area contributed by atoms with Gasteiger partial charge in [-0.3, -0.25) is 4.79 Å². The van der Waals surface area contributed by atoms with Crippen molar-refractivity contribution in [3.05, 3.63) is 60.1 Å². The van der Waals surface area contributed by atoms with Crippen molar-refractivity contribution >= 4 is 5.91 Å². The van der Waals surface area contributed by atoms with E-state index in [2.05, 4.69) is 22.8 Å². The third-order valence-corrected chi connectivity index (χ3v) is 4.20. The van der Waals surface area contributed by atoms with Crippen LogP contribution in [0.5, 0.6) is 0 Å². The van der Waals surface area contributed by atoms with Crippen LogP contribution in [0.1, 0.15) is 36.5 Å². The average Bonchev–Trinajstić information content (AvgIpc) is 3.25. The second kappa shape index (κ2) is 7.27. The maximum Gasteiger partial charge on any atom is 0.237 e. The van der Waals surface area contributed by atoms with E-state index in [9.17, 15) is 4.79 Å². The topological polar surface area (TPSA) is 54.3 Å². The van der Waals surface area contributed by atoms with Gasteiger partial charge in [0.15, 0.2) is 0 Å². The van der Waals surface area contributed by atoms with Gasteiger partial charge < -0.3 is 15.1 Å². The second-order valence-electron chi connectivity index (χ2n) is 5.71. The summed E-state index contributed by atoms with van der Waals surface area (Å²) in [6, 6.07) is 14.2. The second-order valence-corrected chi connectivity index (χ2v) is 5.71. The average molecular weight is 298 g/mol. The molecule has 4 heteroatoms. The molecule has 1 saturated heterocycles. The molecule has 0 saturated carbocycles. The van der Waals surface area contributed by atoms with Gasteiger partial charge in [0.2, 0.25) is 5.91 Å². The highest BCUT2D eigenvalue weighted by Gasteiger charge is 2.22. The zero-order chi connectivity index (χ0) is 15.2. The molecule has 1 fully saturated rings. The zero-order valence-corrected chi connectivity index (χ0v) is 12.6. The molecule has 116 valence electrons. The first kappa shape index (κ1) is 14.9. The van der Waals surface area contributed by atoms with Gasteiger partial charge in [-0.2, -0.15) is 0 Å². The van der Waals surface area contributed by atoms with Crippen molar-refractivity contribution in [2.24, 2.45) is 0 Å². The van der Waals surface area contributed by atoms with E-state index in [4.69, 9.17) is 4.42 Å². The number of hydrogen-bond acceptors (Lipinski definition) is 3. The molecule has 22 heavy (non-hydrogen) atoms. The molecule has 0 aliphatic carbocycles. The third kappa shape index (κ3) is 3.57. The van der Waals surface area contributed by atoms with Crippen molar-refractivity contribution in [3.8, 4) is 0 Å². The Balaban J connectivity index is 1.60. The third-order valence-electron chi connectivity index (χ3n) is 4.20. The van der Waals surface area contributed by atoms with Crippen LogP contribution in [-0.4, -0.2) is 25.0 Å². The normalized spacial score (nSPS) is 19.0. The lowest BCUT2D eigenvalue weighted by atomic mass is 9.93. The molecule has 4 nitrogen and oxygen atoms in total. The Labute approximate surface area is 130 Å². The van der Waals surface area contributed by atoms with E-state index in [1.807, 2.05) is 30.3 Å². The highest BCUT2D eigenvalue weighted by molar-refractivity contribution is 5.81. The molecule has 3 rings (SSSR count). The van der Waals surface area contributed by atoms with Crippen LogP contribution in [0.2, 0.25) is 0 Å². The maximum atomic E-state index is 12.1. The van der Waals surface area contributed by atoms with Crippen molar-refractivity contribution in [1.82, 2.24) is 10.6 Å². The Kier molecular flexibility index (Phi) is 4.91. The van der Waals surface area contributed by atoms with E-state index in [0.717, 1.165) is 31.6 Å². The fourth-order valence-corrected chi connectivity index (χ4v) is 3.02. The fraction of sp³-hybridized carbons (Fsp3) is 0.389. The Morgan fingerprint density at radius 1 is 1.27 bits per heavy atom. The van der Waals surface area contributed by atoms with Gasteiger partial charge in [-0.1, -0.05) is 30.3 Å². The quantitative estimate of drug-likeness (QED) is 0.862. The molecule has 1 aliphatic rings. The lowest BCUT2D eigenvalue weighted by molar-refractivity contribution is -0.122. The summed E-state index contributed by atoms with van der Waals surface area (Å²) < 4.78 is 5.58. The van der Waals surface area contributed by atoms with Gasteiger partial charge in [0, 0.05) is 12.5 Å². The molecule has 1 amide bonds. The molecule has 2 heterocycles. The molecule has 0 bridgehead atoms. The number of rotatable bonds is 6. The lowest BCUT2D eigenvalue weighted by Gasteiger charge is -2.17. The smallest absolute Gasteiger partial charge is 0.237 e. The van der Waals surface area contributed by atoms with Gasteiger partial charge in [-0.05, 0) is 43.5 Å². The Morgan fingerprint density at radius 2 is 2.14 bits per heavy atom. The van der Waals surface area contributed by atoms with E-state index in [0.29, 0.717) is 6.54 Å². The van der Waals surface area contributed by atoms with Crippen molar-refractivity contribution in [2.75, 3.05) is 13.1 Å². The van der Waals surface area contributed by atoms with Crippen LogP contribution in [0.3, 0.4) is 0 Å². The summed E-state index contributed by atoms with van der Waals surface area (Å²) in [6.45, 7) is 1.59. The van der Waals surface area contributed by atoms with E-state index < -0.39 is 0 Å². The summed E-state index contributed by atoms with van der Waals surface area (Å²) in [7, 11) is 0. The number of benzene rings is 1. The summed E-state index contributed by atoms with van der Waals surface area (Å²) in [5.41, 5.74) is 1.21. The number of carbonyl (C=O) groups excluding carboxylic acids is 1. The van der Waals surface area contributed by atoms with Crippen molar-refractivity contribution in [2.45, 2.75) is 31.2 Å². The highest BCUT2D eigenvalue weighted by atomic mass is 16.3. The van der Waals surface area contributed by atoms with Crippen molar-refractivity contribution < 1.29 is 9.21 Å². The van der Waals surface area contributed by atoms with E-state index in [1.54, 1.807) is 6.26 Å². The van der Waals surface area contributed by atoms with Gasteiger partial charge in [0.25, 0.3) is 0 Å². The molecule has 2 aromatic rings. The van der Waals surface area contributed by atoms with Crippen LogP contribution < -0.4 is 10.6 Å². The predicted octanol–water partition coefficient (Wildman–Crippen LogP) is 2.67. The Morgan fingerprint density at radius 3 is 2.82 bits per heavy atom. The van der Waals surface area contributed by atoms with Gasteiger partial charge in [0.05, 0.1) is 12.3 Å². The Hall–Kier alpha value is -2.07. The van der Waals surface area contributed by atoms with Crippen molar-refractivity contribution in [1.29, 1.82) is 0 Å².